The third-order valence-corrected chi connectivity index (χ3v) is 10.3. The fourth-order valence-electron chi connectivity index (χ4n) is 5.74. The van der Waals surface area contributed by atoms with Crippen molar-refractivity contribution in [3.05, 3.63) is 125 Å². The quantitative estimate of drug-likeness (QED) is 0.177. The van der Waals surface area contributed by atoms with Gasteiger partial charge in [-0.15, -0.1) is 0 Å². The van der Waals surface area contributed by atoms with Gasteiger partial charge in [0.2, 0.25) is 11.8 Å². The van der Waals surface area contributed by atoms with Gasteiger partial charge in [0.05, 0.1) is 17.7 Å². The van der Waals surface area contributed by atoms with Crippen LogP contribution in [0.5, 0.6) is 5.75 Å². The van der Waals surface area contributed by atoms with E-state index in [1.165, 1.54) is 54.5 Å². The number of amides is 2. The van der Waals surface area contributed by atoms with Crippen LogP contribution in [0, 0.1) is 5.82 Å². The number of benzene rings is 4. The molecule has 1 fully saturated rings. The van der Waals surface area contributed by atoms with Gasteiger partial charge in [-0.2, -0.15) is 0 Å². The Labute approximate surface area is 280 Å². The van der Waals surface area contributed by atoms with E-state index >= 15 is 0 Å². The van der Waals surface area contributed by atoms with E-state index in [1.807, 2.05) is 30.3 Å². The van der Waals surface area contributed by atoms with Crippen molar-refractivity contribution in [3.63, 3.8) is 0 Å². The highest BCUT2D eigenvalue weighted by Gasteiger charge is 2.35. The van der Waals surface area contributed by atoms with Crippen LogP contribution in [-0.2, 0) is 32.6 Å². The number of hydrogen-bond donors (Lipinski definition) is 1. The summed E-state index contributed by atoms with van der Waals surface area (Å²) in [4.78, 5) is 29.9. The van der Waals surface area contributed by atoms with E-state index < -0.39 is 34.3 Å². The Bertz CT molecular complexity index is 1770. The van der Waals surface area contributed by atoms with Crippen LogP contribution in [0.2, 0.25) is 5.02 Å². The molecule has 1 atom stereocenters. The Morgan fingerprint density at radius 1 is 0.915 bits per heavy atom. The molecule has 47 heavy (non-hydrogen) atoms. The van der Waals surface area contributed by atoms with Crippen LogP contribution in [-0.4, -0.2) is 50.9 Å². The third kappa shape index (κ3) is 8.69. The maximum atomic E-state index is 14.5. The van der Waals surface area contributed by atoms with E-state index in [-0.39, 0.29) is 40.5 Å². The number of nitrogens with zero attached hydrogens (tertiary/aromatic N) is 2. The highest BCUT2D eigenvalue weighted by molar-refractivity contribution is 7.92. The number of ether oxygens (including phenoxy) is 1. The van der Waals surface area contributed by atoms with Crippen molar-refractivity contribution in [2.75, 3.05) is 18.0 Å². The summed E-state index contributed by atoms with van der Waals surface area (Å²) in [7, 11) is -2.83. The summed E-state index contributed by atoms with van der Waals surface area (Å²) in [5, 5.41) is 3.42. The van der Waals surface area contributed by atoms with Gasteiger partial charge in [0, 0.05) is 24.0 Å². The minimum Gasteiger partial charge on any atom is -0.497 e. The fourth-order valence-corrected chi connectivity index (χ4v) is 7.33. The van der Waals surface area contributed by atoms with Gasteiger partial charge < -0.3 is 15.0 Å². The maximum Gasteiger partial charge on any atom is 0.264 e. The fraction of sp³-hybridized carbons (Fsp3) is 0.278. The number of rotatable bonds is 13. The van der Waals surface area contributed by atoms with Crippen molar-refractivity contribution in [2.24, 2.45) is 0 Å². The van der Waals surface area contributed by atoms with Crippen molar-refractivity contribution in [2.45, 2.75) is 55.6 Å². The summed E-state index contributed by atoms with van der Waals surface area (Å²) >= 11 is 6.29. The van der Waals surface area contributed by atoms with Crippen LogP contribution < -0.4 is 14.4 Å². The molecule has 8 nitrogen and oxygen atoms in total. The molecular formula is C36H37ClFN3O5S. The van der Waals surface area contributed by atoms with Crippen LogP contribution >= 0.6 is 11.6 Å². The maximum absolute atomic E-state index is 14.5. The molecule has 11 heteroatoms. The topological polar surface area (TPSA) is 96.0 Å². The molecule has 1 aliphatic rings. The number of carbonyl (C=O) groups excluding carboxylic acids is 2. The number of sulfonamides is 1. The van der Waals surface area contributed by atoms with E-state index in [2.05, 4.69) is 5.32 Å². The second kappa shape index (κ2) is 15.5. The predicted molar refractivity (Wildman–Crippen MR) is 180 cm³/mol. The van der Waals surface area contributed by atoms with Crippen LogP contribution in [0.25, 0.3) is 0 Å². The van der Waals surface area contributed by atoms with Gasteiger partial charge in [0.15, 0.2) is 0 Å². The van der Waals surface area contributed by atoms with Gasteiger partial charge in [-0.25, -0.2) is 12.8 Å². The largest absolute Gasteiger partial charge is 0.497 e. The predicted octanol–water partition coefficient (Wildman–Crippen LogP) is 6.38. The van der Waals surface area contributed by atoms with Gasteiger partial charge in [-0.1, -0.05) is 73.0 Å². The number of nitrogens with one attached hydrogen (secondary N) is 1. The molecule has 0 bridgehead atoms. The lowest BCUT2D eigenvalue weighted by Crippen LogP contribution is -2.54. The van der Waals surface area contributed by atoms with Crippen molar-refractivity contribution >= 4 is 39.1 Å². The summed E-state index contributed by atoms with van der Waals surface area (Å²) in [6.45, 7) is -0.682. The van der Waals surface area contributed by atoms with E-state index in [0.29, 0.717) is 11.3 Å². The number of hydrogen-bond acceptors (Lipinski definition) is 5. The van der Waals surface area contributed by atoms with Crippen molar-refractivity contribution in [1.82, 2.24) is 10.2 Å². The Hall–Kier alpha value is -4.41. The summed E-state index contributed by atoms with van der Waals surface area (Å²) in [5.41, 5.74) is 1.59. The SMILES string of the molecule is COc1ccc(S(=O)(=O)N(CC(=O)N(Cc2ccc(F)cc2)C(Cc2ccccc2)C(=O)NC2CCCC2)c2cccc(Cl)c2)cc1. The second-order valence-electron chi connectivity index (χ2n) is 11.5. The molecule has 0 aromatic heterocycles. The summed E-state index contributed by atoms with van der Waals surface area (Å²) in [6.07, 6.45) is 3.89. The average molecular weight is 678 g/mol. The molecule has 1 aliphatic carbocycles. The minimum atomic E-state index is -4.30. The molecule has 4 aromatic rings. The summed E-state index contributed by atoms with van der Waals surface area (Å²) in [6, 6.07) is 26.1. The molecule has 0 spiro atoms. The standard InChI is InChI=1S/C36H37ClFN3O5S/c1-46-32-18-20-33(21-19-32)47(44,45)41(31-13-7-10-28(37)23-31)25-35(42)40(24-27-14-16-29(38)17-15-27)34(22-26-8-3-2-4-9-26)36(43)39-30-11-5-6-12-30/h2-4,7-10,13-21,23,30,34H,5-6,11-12,22,24-25H2,1H3,(H,39,43). The summed E-state index contributed by atoms with van der Waals surface area (Å²) in [5.74, 6) is -0.918. The lowest BCUT2D eigenvalue weighted by Gasteiger charge is -2.34. The zero-order valence-electron chi connectivity index (χ0n) is 26.0. The van der Waals surface area contributed by atoms with Crippen molar-refractivity contribution in [1.29, 1.82) is 0 Å². The first-order valence-electron chi connectivity index (χ1n) is 15.4. The highest BCUT2D eigenvalue weighted by atomic mass is 35.5. The third-order valence-electron chi connectivity index (χ3n) is 8.26. The van der Waals surface area contributed by atoms with Crippen molar-refractivity contribution < 1.29 is 27.1 Å². The Morgan fingerprint density at radius 3 is 2.23 bits per heavy atom. The number of carbonyl (C=O) groups is 2. The van der Waals surface area contributed by atoms with Gasteiger partial charge >= 0.3 is 0 Å². The number of anilines is 1. The van der Waals surface area contributed by atoms with E-state index in [4.69, 9.17) is 16.3 Å². The molecule has 0 heterocycles. The van der Waals surface area contributed by atoms with Crippen LogP contribution in [0.15, 0.2) is 108 Å². The zero-order chi connectivity index (χ0) is 33.4. The average Bonchev–Trinajstić information content (AvgIpc) is 3.59. The van der Waals surface area contributed by atoms with Crippen molar-refractivity contribution in [3.8, 4) is 5.75 Å². The lowest BCUT2D eigenvalue weighted by molar-refractivity contribution is -0.140. The molecule has 0 aliphatic heterocycles. The van der Waals surface area contributed by atoms with E-state index in [0.717, 1.165) is 35.6 Å². The second-order valence-corrected chi connectivity index (χ2v) is 13.8. The zero-order valence-corrected chi connectivity index (χ0v) is 27.6. The molecule has 0 saturated heterocycles. The minimum absolute atomic E-state index is 0.0121. The monoisotopic (exact) mass is 677 g/mol. The van der Waals surface area contributed by atoms with Gasteiger partial charge in [-0.3, -0.25) is 13.9 Å². The molecule has 2 amide bonds. The molecule has 1 N–H and O–H groups in total. The van der Waals surface area contributed by atoms with Crippen LogP contribution in [0.1, 0.15) is 36.8 Å². The Morgan fingerprint density at radius 2 is 1.60 bits per heavy atom. The highest BCUT2D eigenvalue weighted by Crippen LogP contribution is 2.28. The first-order valence-corrected chi connectivity index (χ1v) is 17.3. The molecule has 0 radical (unpaired) electrons. The molecule has 4 aromatic carbocycles. The normalized spacial score (nSPS) is 13.9. The lowest BCUT2D eigenvalue weighted by atomic mass is 10.0. The molecular weight excluding hydrogens is 641 g/mol. The van der Waals surface area contributed by atoms with Crippen LogP contribution in [0.4, 0.5) is 10.1 Å². The van der Waals surface area contributed by atoms with Gasteiger partial charge in [-0.05, 0) is 78.6 Å². The smallest absolute Gasteiger partial charge is 0.264 e. The first kappa shape index (κ1) is 33.9. The Kier molecular flexibility index (Phi) is 11.2. The summed E-state index contributed by atoms with van der Waals surface area (Å²) < 4.78 is 48.4. The Balaban J connectivity index is 1.56. The first-order chi connectivity index (χ1) is 22.6. The van der Waals surface area contributed by atoms with E-state index in [1.54, 1.807) is 30.3 Å². The number of methoxy groups -OCH3 is 1. The molecule has 1 unspecified atom stereocenters. The number of halogens is 2. The van der Waals surface area contributed by atoms with Crippen LogP contribution in [0.3, 0.4) is 0 Å². The van der Waals surface area contributed by atoms with Gasteiger partial charge in [0.25, 0.3) is 10.0 Å². The molecule has 246 valence electrons. The van der Waals surface area contributed by atoms with Gasteiger partial charge in [0.1, 0.15) is 24.2 Å². The van der Waals surface area contributed by atoms with E-state index in [9.17, 15) is 22.4 Å². The molecule has 1 saturated carbocycles. The molecule has 5 rings (SSSR count).